The topological polar surface area (TPSA) is 83.5 Å². The molecule has 2 amide bonds. The van der Waals surface area contributed by atoms with Crippen molar-refractivity contribution in [2.75, 3.05) is 5.88 Å². The molecule has 0 saturated heterocycles. The third-order valence-corrected chi connectivity index (χ3v) is 7.16. The van der Waals surface area contributed by atoms with Gasteiger partial charge in [0, 0.05) is 17.1 Å². The fraction of sp³-hybridized carbons (Fsp3) is 0.167. The summed E-state index contributed by atoms with van der Waals surface area (Å²) in [6.07, 6.45) is 0. The molecule has 1 atom stereocenters. The number of nitrogens with one attached hydrogen (secondary N) is 1. The number of nitrogens with zero attached hydrogens (tertiary/aromatic N) is 1. The third kappa shape index (κ3) is 4.40. The summed E-state index contributed by atoms with van der Waals surface area (Å²) in [6, 6.07) is 19.4. The summed E-state index contributed by atoms with van der Waals surface area (Å²) in [6.45, 7) is 2.05. The van der Waals surface area contributed by atoms with Crippen LogP contribution in [-0.4, -0.2) is 31.0 Å². The standard InChI is InChI=1S/C24H21ClN2O4S/c1-16-6-12-19(13-7-16)32(30,31)15-26-23(28)22-20-4-2-3-5-21(20)24(29)27(22)14-17-8-10-18(25)11-9-17/h2-13,22H,14-15H2,1H3,(H,26,28)/t22-/m0/s1. The molecular weight excluding hydrogens is 448 g/mol. The van der Waals surface area contributed by atoms with Gasteiger partial charge in [0.25, 0.3) is 5.91 Å². The Morgan fingerprint density at radius 2 is 1.66 bits per heavy atom. The minimum Gasteiger partial charge on any atom is -0.340 e. The largest absolute Gasteiger partial charge is 0.340 e. The first kappa shape index (κ1) is 22.0. The Labute approximate surface area is 191 Å². The smallest absolute Gasteiger partial charge is 0.255 e. The minimum absolute atomic E-state index is 0.129. The van der Waals surface area contributed by atoms with E-state index in [1.165, 1.54) is 17.0 Å². The molecular formula is C24H21ClN2O4S. The average molecular weight is 469 g/mol. The first-order valence-corrected chi connectivity index (χ1v) is 12.0. The van der Waals surface area contributed by atoms with E-state index in [9.17, 15) is 18.0 Å². The number of hydrogen-bond donors (Lipinski definition) is 1. The van der Waals surface area contributed by atoms with E-state index in [1.54, 1.807) is 60.7 Å². The Morgan fingerprint density at radius 3 is 2.34 bits per heavy atom. The van der Waals surface area contributed by atoms with E-state index in [4.69, 9.17) is 11.6 Å². The van der Waals surface area contributed by atoms with Gasteiger partial charge in [0.2, 0.25) is 5.91 Å². The number of fused-ring (bicyclic) bond motifs is 1. The molecule has 1 heterocycles. The number of benzene rings is 3. The van der Waals surface area contributed by atoms with Gasteiger partial charge in [-0.1, -0.05) is 59.6 Å². The van der Waals surface area contributed by atoms with Gasteiger partial charge in [-0.15, -0.1) is 0 Å². The minimum atomic E-state index is -3.72. The molecule has 1 aliphatic rings. The zero-order chi connectivity index (χ0) is 22.9. The van der Waals surface area contributed by atoms with Gasteiger partial charge in [-0.2, -0.15) is 0 Å². The van der Waals surface area contributed by atoms with Crippen molar-refractivity contribution in [3.05, 3.63) is 100 Å². The van der Waals surface area contributed by atoms with E-state index in [-0.39, 0.29) is 17.3 Å². The number of halogens is 1. The molecule has 0 saturated carbocycles. The average Bonchev–Trinajstić information content (AvgIpc) is 3.06. The quantitative estimate of drug-likeness (QED) is 0.594. The van der Waals surface area contributed by atoms with E-state index in [2.05, 4.69) is 5.32 Å². The predicted molar refractivity (Wildman–Crippen MR) is 122 cm³/mol. The fourth-order valence-corrected chi connectivity index (χ4v) is 4.87. The van der Waals surface area contributed by atoms with Crippen LogP contribution in [0.15, 0.2) is 77.7 Å². The second-order valence-corrected chi connectivity index (χ2v) is 10.1. The fourth-order valence-electron chi connectivity index (χ4n) is 3.69. The lowest BCUT2D eigenvalue weighted by atomic mass is 10.0. The first-order valence-electron chi connectivity index (χ1n) is 9.98. The zero-order valence-corrected chi connectivity index (χ0v) is 18.9. The Bertz CT molecular complexity index is 1270. The zero-order valence-electron chi connectivity index (χ0n) is 17.3. The van der Waals surface area contributed by atoms with E-state index >= 15 is 0 Å². The summed E-state index contributed by atoms with van der Waals surface area (Å²) in [7, 11) is -3.72. The summed E-state index contributed by atoms with van der Waals surface area (Å²) < 4.78 is 25.3. The van der Waals surface area contributed by atoms with Gasteiger partial charge < -0.3 is 10.2 Å². The van der Waals surface area contributed by atoms with Gasteiger partial charge in [0.1, 0.15) is 11.9 Å². The number of hydrogen-bond acceptors (Lipinski definition) is 4. The number of sulfone groups is 1. The van der Waals surface area contributed by atoms with Gasteiger partial charge in [0.15, 0.2) is 9.84 Å². The maximum atomic E-state index is 13.1. The van der Waals surface area contributed by atoms with E-state index < -0.39 is 27.7 Å². The summed E-state index contributed by atoms with van der Waals surface area (Å²) in [5.74, 6) is -1.39. The molecule has 0 unspecified atom stereocenters. The van der Waals surface area contributed by atoms with Crippen LogP contribution in [-0.2, 0) is 21.2 Å². The molecule has 0 bridgehead atoms. The van der Waals surface area contributed by atoms with Crippen LogP contribution in [0.25, 0.3) is 0 Å². The van der Waals surface area contributed by atoms with Crippen LogP contribution < -0.4 is 5.32 Å². The van der Waals surface area contributed by atoms with Crippen LogP contribution in [0.1, 0.15) is 33.1 Å². The molecule has 3 aromatic rings. The van der Waals surface area contributed by atoms with E-state index in [0.29, 0.717) is 16.1 Å². The second kappa shape index (κ2) is 8.76. The molecule has 32 heavy (non-hydrogen) atoms. The number of rotatable bonds is 6. The van der Waals surface area contributed by atoms with Crippen molar-refractivity contribution < 1.29 is 18.0 Å². The summed E-state index contributed by atoms with van der Waals surface area (Å²) >= 11 is 5.95. The van der Waals surface area contributed by atoms with Crippen molar-refractivity contribution in [2.24, 2.45) is 0 Å². The van der Waals surface area contributed by atoms with Crippen LogP contribution in [0.4, 0.5) is 0 Å². The Morgan fingerprint density at radius 1 is 1.00 bits per heavy atom. The highest BCUT2D eigenvalue weighted by Crippen LogP contribution is 2.35. The van der Waals surface area contributed by atoms with Crippen molar-refractivity contribution >= 4 is 33.3 Å². The van der Waals surface area contributed by atoms with Crippen LogP contribution in [0.2, 0.25) is 5.02 Å². The number of amides is 2. The molecule has 0 aromatic heterocycles. The monoisotopic (exact) mass is 468 g/mol. The summed E-state index contributed by atoms with van der Waals surface area (Å²) in [5, 5.41) is 3.09. The molecule has 0 fully saturated rings. The van der Waals surface area contributed by atoms with Crippen LogP contribution in [0.3, 0.4) is 0 Å². The molecule has 1 N–H and O–H groups in total. The SMILES string of the molecule is Cc1ccc(S(=O)(=O)CNC(=O)[C@@H]2c3ccccc3C(=O)N2Cc2ccc(Cl)cc2)cc1. The summed E-state index contributed by atoms with van der Waals surface area (Å²) in [4.78, 5) is 27.8. The number of aryl methyl sites for hydroxylation is 1. The van der Waals surface area contributed by atoms with Gasteiger partial charge in [-0.25, -0.2) is 8.42 Å². The third-order valence-electron chi connectivity index (χ3n) is 5.39. The molecule has 0 aliphatic carbocycles. The maximum Gasteiger partial charge on any atom is 0.255 e. The van der Waals surface area contributed by atoms with Gasteiger partial charge in [0.05, 0.1) is 4.90 Å². The molecule has 0 spiro atoms. The highest BCUT2D eigenvalue weighted by Gasteiger charge is 2.41. The molecule has 0 radical (unpaired) electrons. The number of carbonyl (C=O) groups is 2. The Hall–Kier alpha value is -3.16. The molecule has 3 aromatic carbocycles. The van der Waals surface area contributed by atoms with Crippen molar-refractivity contribution in [2.45, 2.75) is 24.4 Å². The van der Waals surface area contributed by atoms with Gasteiger partial charge in [-0.3, -0.25) is 9.59 Å². The molecule has 164 valence electrons. The summed E-state index contributed by atoms with van der Waals surface area (Å²) in [5.41, 5.74) is 2.73. The maximum absolute atomic E-state index is 13.1. The van der Waals surface area contributed by atoms with Crippen LogP contribution >= 0.6 is 11.6 Å². The lowest BCUT2D eigenvalue weighted by Gasteiger charge is -2.25. The second-order valence-electron chi connectivity index (χ2n) is 7.66. The molecule has 6 nitrogen and oxygen atoms in total. The van der Waals surface area contributed by atoms with Gasteiger partial charge >= 0.3 is 0 Å². The normalized spacial score (nSPS) is 15.5. The first-order chi connectivity index (χ1) is 15.3. The van der Waals surface area contributed by atoms with Crippen molar-refractivity contribution in [1.82, 2.24) is 10.2 Å². The van der Waals surface area contributed by atoms with Crippen LogP contribution in [0.5, 0.6) is 0 Å². The van der Waals surface area contributed by atoms with E-state index in [0.717, 1.165) is 11.1 Å². The Kier molecular flexibility index (Phi) is 6.04. The van der Waals surface area contributed by atoms with Crippen LogP contribution in [0, 0.1) is 6.92 Å². The number of carbonyl (C=O) groups excluding carboxylic acids is 2. The predicted octanol–water partition coefficient (Wildman–Crippen LogP) is 3.89. The van der Waals surface area contributed by atoms with Crippen molar-refractivity contribution in [3.63, 3.8) is 0 Å². The molecule has 8 heteroatoms. The van der Waals surface area contributed by atoms with Crippen molar-refractivity contribution in [1.29, 1.82) is 0 Å². The van der Waals surface area contributed by atoms with E-state index in [1.807, 2.05) is 6.92 Å². The lowest BCUT2D eigenvalue weighted by Crippen LogP contribution is -2.40. The van der Waals surface area contributed by atoms with Crippen molar-refractivity contribution in [3.8, 4) is 0 Å². The molecule has 4 rings (SSSR count). The highest BCUT2D eigenvalue weighted by atomic mass is 35.5. The molecule has 1 aliphatic heterocycles. The van der Waals surface area contributed by atoms with Gasteiger partial charge in [-0.05, 0) is 48.4 Å². The lowest BCUT2D eigenvalue weighted by molar-refractivity contribution is -0.125. The Balaban J connectivity index is 1.58. The highest BCUT2D eigenvalue weighted by molar-refractivity contribution is 7.91.